The van der Waals surface area contributed by atoms with Crippen LogP contribution in [0.15, 0.2) is 48.5 Å². The Morgan fingerprint density at radius 3 is 2.26 bits per heavy atom. The number of hydrogen-bond acceptors (Lipinski definition) is 3. The Bertz CT molecular complexity index is 747. The van der Waals surface area contributed by atoms with Crippen molar-refractivity contribution in [1.29, 1.82) is 0 Å². The molecular weight excluding hydrogens is 338 g/mol. The molecule has 1 amide bonds. The molecule has 0 fully saturated rings. The molecule has 0 aliphatic heterocycles. The normalized spacial score (nSPS) is 13.6. The summed E-state index contributed by atoms with van der Waals surface area (Å²) in [6.45, 7) is 10.5. The van der Waals surface area contributed by atoms with Crippen molar-refractivity contribution in [2.24, 2.45) is 0 Å². The van der Waals surface area contributed by atoms with Crippen LogP contribution in [0.1, 0.15) is 58.2 Å². The minimum absolute atomic E-state index is 0.0884. The summed E-state index contributed by atoms with van der Waals surface area (Å²) >= 11 is 0. The molecule has 0 heterocycles. The number of hydrogen-bond donors (Lipinski definition) is 1. The molecule has 2 aromatic rings. The number of ether oxygens (including phenoxy) is 2. The standard InChI is InChI=1S/C23H31NO3/c1-7-21(27-20-10-8-9-19(15-20)26-6)22(25)24-16(2)17-11-13-18(14-12-17)23(3,4)5/h8-16,21H,7H2,1-6H3,(H,24,25)/t16-,21-/m1/s1. The van der Waals surface area contributed by atoms with Crippen LogP contribution in [-0.2, 0) is 10.2 Å². The van der Waals surface area contributed by atoms with Gasteiger partial charge in [0.2, 0.25) is 0 Å². The van der Waals surface area contributed by atoms with Crippen molar-refractivity contribution in [3.8, 4) is 11.5 Å². The van der Waals surface area contributed by atoms with Crippen LogP contribution in [0.2, 0.25) is 0 Å². The van der Waals surface area contributed by atoms with Crippen molar-refractivity contribution in [3.05, 3.63) is 59.7 Å². The highest BCUT2D eigenvalue weighted by molar-refractivity contribution is 5.81. The number of amides is 1. The number of benzene rings is 2. The number of nitrogens with one attached hydrogen (secondary N) is 1. The number of carbonyl (C=O) groups excluding carboxylic acids is 1. The fourth-order valence-electron chi connectivity index (χ4n) is 2.82. The maximum absolute atomic E-state index is 12.7. The first-order chi connectivity index (χ1) is 12.7. The van der Waals surface area contributed by atoms with E-state index >= 15 is 0 Å². The number of carbonyl (C=O) groups is 1. The van der Waals surface area contributed by atoms with Crippen LogP contribution in [0.4, 0.5) is 0 Å². The van der Waals surface area contributed by atoms with Gasteiger partial charge < -0.3 is 14.8 Å². The molecular formula is C23H31NO3. The average molecular weight is 370 g/mol. The van der Waals surface area contributed by atoms with Crippen LogP contribution >= 0.6 is 0 Å². The molecule has 146 valence electrons. The predicted molar refractivity (Wildman–Crippen MR) is 109 cm³/mol. The van der Waals surface area contributed by atoms with Gasteiger partial charge in [-0.3, -0.25) is 4.79 Å². The highest BCUT2D eigenvalue weighted by Gasteiger charge is 2.21. The summed E-state index contributed by atoms with van der Waals surface area (Å²) in [6, 6.07) is 15.6. The van der Waals surface area contributed by atoms with E-state index in [-0.39, 0.29) is 17.4 Å². The first-order valence-corrected chi connectivity index (χ1v) is 9.46. The summed E-state index contributed by atoms with van der Waals surface area (Å²) in [7, 11) is 1.61. The molecule has 2 aromatic carbocycles. The van der Waals surface area contributed by atoms with Gasteiger partial charge in [-0.1, -0.05) is 58.0 Å². The van der Waals surface area contributed by atoms with E-state index in [0.717, 1.165) is 5.56 Å². The lowest BCUT2D eigenvalue weighted by atomic mass is 9.86. The lowest BCUT2D eigenvalue weighted by Gasteiger charge is -2.22. The molecule has 1 N–H and O–H groups in total. The topological polar surface area (TPSA) is 47.6 Å². The fourth-order valence-corrected chi connectivity index (χ4v) is 2.82. The first-order valence-electron chi connectivity index (χ1n) is 9.46. The van der Waals surface area contributed by atoms with Crippen LogP contribution < -0.4 is 14.8 Å². The number of methoxy groups -OCH3 is 1. The fraction of sp³-hybridized carbons (Fsp3) is 0.435. The van der Waals surface area contributed by atoms with Crippen molar-refractivity contribution >= 4 is 5.91 Å². The Balaban J connectivity index is 2.02. The molecule has 0 saturated carbocycles. The zero-order valence-electron chi connectivity index (χ0n) is 17.2. The molecule has 27 heavy (non-hydrogen) atoms. The van der Waals surface area contributed by atoms with Crippen LogP contribution in [0, 0.1) is 0 Å². The summed E-state index contributed by atoms with van der Waals surface area (Å²) < 4.78 is 11.1. The highest BCUT2D eigenvalue weighted by atomic mass is 16.5. The molecule has 0 aromatic heterocycles. The van der Waals surface area contributed by atoms with Gasteiger partial charge >= 0.3 is 0 Å². The Hall–Kier alpha value is -2.49. The third kappa shape index (κ3) is 5.75. The van der Waals surface area contributed by atoms with E-state index in [1.165, 1.54) is 5.56 Å². The highest BCUT2D eigenvalue weighted by Crippen LogP contribution is 2.24. The van der Waals surface area contributed by atoms with Crippen LogP contribution in [0.3, 0.4) is 0 Å². The summed E-state index contributed by atoms with van der Waals surface area (Å²) in [5, 5.41) is 3.06. The maximum Gasteiger partial charge on any atom is 0.261 e. The third-order valence-electron chi connectivity index (χ3n) is 4.62. The average Bonchev–Trinajstić information content (AvgIpc) is 2.65. The molecule has 0 unspecified atom stereocenters. The van der Waals surface area contributed by atoms with E-state index in [2.05, 4.69) is 50.4 Å². The first kappa shape index (κ1) is 20.8. The second kappa shape index (κ2) is 8.94. The predicted octanol–water partition coefficient (Wildman–Crippen LogP) is 5.03. The summed E-state index contributed by atoms with van der Waals surface area (Å²) in [4.78, 5) is 12.7. The maximum atomic E-state index is 12.7. The minimum atomic E-state index is -0.548. The Kier molecular flexibility index (Phi) is 6.89. The van der Waals surface area contributed by atoms with E-state index in [9.17, 15) is 4.79 Å². The van der Waals surface area contributed by atoms with E-state index < -0.39 is 6.10 Å². The zero-order valence-corrected chi connectivity index (χ0v) is 17.2. The Labute approximate surface area is 162 Å². The molecule has 0 bridgehead atoms. The van der Waals surface area contributed by atoms with Crippen molar-refractivity contribution in [2.75, 3.05) is 7.11 Å². The van der Waals surface area contributed by atoms with E-state index in [1.54, 1.807) is 13.2 Å². The quantitative estimate of drug-likeness (QED) is 0.745. The molecule has 0 aliphatic rings. The molecule has 4 heteroatoms. The molecule has 2 atom stereocenters. The van der Waals surface area contributed by atoms with Crippen LogP contribution in [0.5, 0.6) is 11.5 Å². The SMILES string of the molecule is CC[C@@H](Oc1cccc(OC)c1)C(=O)N[C@H](C)c1ccc(C(C)(C)C)cc1. The van der Waals surface area contributed by atoms with Crippen molar-refractivity contribution in [2.45, 2.75) is 58.6 Å². The molecule has 0 aliphatic carbocycles. The minimum Gasteiger partial charge on any atom is -0.497 e. The summed E-state index contributed by atoms with van der Waals surface area (Å²) in [6.07, 6.45) is 0.0343. The second-order valence-corrected chi connectivity index (χ2v) is 7.80. The van der Waals surface area contributed by atoms with Gasteiger partial charge in [0.25, 0.3) is 5.91 Å². The molecule has 4 nitrogen and oxygen atoms in total. The van der Waals surface area contributed by atoms with Crippen LogP contribution in [0.25, 0.3) is 0 Å². The van der Waals surface area contributed by atoms with Gasteiger partial charge in [-0.05, 0) is 42.0 Å². The molecule has 2 rings (SSSR count). The van der Waals surface area contributed by atoms with Gasteiger partial charge in [0.1, 0.15) is 11.5 Å². The lowest BCUT2D eigenvalue weighted by Crippen LogP contribution is -2.39. The van der Waals surface area contributed by atoms with Crippen molar-refractivity contribution in [1.82, 2.24) is 5.32 Å². The van der Waals surface area contributed by atoms with Gasteiger partial charge in [0, 0.05) is 6.07 Å². The monoisotopic (exact) mass is 369 g/mol. The Morgan fingerprint density at radius 2 is 1.70 bits per heavy atom. The Morgan fingerprint density at radius 1 is 1.07 bits per heavy atom. The summed E-state index contributed by atoms with van der Waals surface area (Å²) in [5.74, 6) is 1.21. The third-order valence-corrected chi connectivity index (χ3v) is 4.62. The summed E-state index contributed by atoms with van der Waals surface area (Å²) in [5.41, 5.74) is 2.47. The van der Waals surface area contributed by atoms with Crippen molar-refractivity contribution < 1.29 is 14.3 Å². The van der Waals surface area contributed by atoms with Gasteiger partial charge in [-0.2, -0.15) is 0 Å². The van der Waals surface area contributed by atoms with Gasteiger partial charge in [0.15, 0.2) is 6.10 Å². The van der Waals surface area contributed by atoms with E-state index in [1.807, 2.05) is 32.0 Å². The molecule has 0 spiro atoms. The van der Waals surface area contributed by atoms with Gasteiger partial charge in [-0.15, -0.1) is 0 Å². The zero-order chi connectivity index (χ0) is 20.0. The van der Waals surface area contributed by atoms with Crippen molar-refractivity contribution in [3.63, 3.8) is 0 Å². The molecule has 0 radical (unpaired) electrons. The largest absolute Gasteiger partial charge is 0.497 e. The van der Waals surface area contributed by atoms with E-state index in [0.29, 0.717) is 17.9 Å². The lowest BCUT2D eigenvalue weighted by molar-refractivity contribution is -0.128. The van der Waals surface area contributed by atoms with E-state index in [4.69, 9.17) is 9.47 Å². The van der Waals surface area contributed by atoms with Gasteiger partial charge in [0.05, 0.1) is 13.2 Å². The second-order valence-electron chi connectivity index (χ2n) is 7.80. The smallest absolute Gasteiger partial charge is 0.261 e. The molecule has 0 saturated heterocycles. The number of rotatable bonds is 7. The van der Waals surface area contributed by atoms with Gasteiger partial charge in [-0.25, -0.2) is 0 Å². The van der Waals surface area contributed by atoms with Crippen LogP contribution in [-0.4, -0.2) is 19.1 Å².